The molecule has 56 heavy (non-hydrogen) atoms. The highest BCUT2D eigenvalue weighted by Crippen LogP contribution is 2.48. The molecule has 2 nitrogen and oxygen atoms in total. The topological polar surface area (TPSA) is 24.4 Å². The molecule has 10 rings (SSSR count). The van der Waals surface area contributed by atoms with E-state index in [0.717, 1.165) is 29.1 Å². The fourth-order valence-electron chi connectivity index (χ4n) is 8.97. The summed E-state index contributed by atoms with van der Waals surface area (Å²) in [6.45, 7) is 2.43. The van der Waals surface area contributed by atoms with Gasteiger partial charge in [0.2, 0.25) is 0 Å². The van der Waals surface area contributed by atoms with E-state index in [1.165, 1.54) is 66.4 Å². The summed E-state index contributed by atoms with van der Waals surface area (Å²) in [6.07, 6.45) is 3.16. The Kier molecular flexibility index (Phi) is 8.73. The molecule has 0 radical (unpaired) electrons. The summed E-state index contributed by atoms with van der Waals surface area (Å²) in [7, 11) is 0. The van der Waals surface area contributed by atoms with Gasteiger partial charge in [-0.2, -0.15) is 0 Å². The highest BCUT2D eigenvalue weighted by atomic mass is 15.0. The van der Waals surface area contributed by atoms with Crippen molar-refractivity contribution >= 4 is 22.3 Å². The SMILES string of the molecule is CC1c2ccccc2-c2cc3ccccc3cc2-c2ccc(C3=NC(c4ccccc4)=CC(c4ccccc4)N3)cc2-c2ccccc2CC1c1ccccc1. The van der Waals surface area contributed by atoms with Gasteiger partial charge in [0.15, 0.2) is 0 Å². The molecule has 8 aromatic rings. The molecule has 2 heteroatoms. The zero-order valence-corrected chi connectivity index (χ0v) is 31.4. The first-order valence-corrected chi connectivity index (χ1v) is 19.8. The molecule has 1 heterocycles. The minimum atomic E-state index is -0.0277. The van der Waals surface area contributed by atoms with E-state index in [2.05, 4.69) is 212 Å². The number of rotatable bonds is 4. The van der Waals surface area contributed by atoms with Crippen LogP contribution in [0.4, 0.5) is 0 Å². The molecule has 0 fully saturated rings. The van der Waals surface area contributed by atoms with Crippen LogP contribution in [0.25, 0.3) is 49.9 Å². The van der Waals surface area contributed by atoms with Crippen molar-refractivity contribution in [2.45, 2.75) is 31.2 Å². The molecule has 3 atom stereocenters. The van der Waals surface area contributed by atoms with Crippen LogP contribution in [0.5, 0.6) is 0 Å². The molecule has 1 N–H and O–H groups in total. The van der Waals surface area contributed by atoms with E-state index in [4.69, 9.17) is 4.99 Å². The molecule has 0 bridgehead atoms. The predicted molar refractivity (Wildman–Crippen MR) is 235 cm³/mol. The van der Waals surface area contributed by atoms with Gasteiger partial charge in [0.05, 0.1) is 11.7 Å². The van der Waals surface area contributed by atoms with Crippen molar-refractivity contribution in [3.05, 3.63) is 234 Å². The Morgan fingerprint density at radius 2 is 1.04 bits per heavy atom. The van der Waals surface area contributed by atoms with Gasteiger partial charge in [0.1, 0.15) is 5.84 Å². The first-order valence-electron chi connectivity index (χ1n) is 19.8. The van der Waals surface area contributed by atoms with Crippen LogP contribution in [-0.2, 0) is 6.42 Å². The lowest BCUT2D eigenvalue weighted by atomic mass is 9.76. The van der Waals surface area contributed by atoms with Gasteiger partial charge in [-0.25, -0.2) is 4.99 Å². The van der Waals surface area contributed by atoms with Gasteiger partial charge in [-0.05, 0) is 115 Å². The molecule has 0 amide bonds. The van der Waals surface area contributed by atoms with Crippen LogP contribution in [-0.4, -0.2) is 5.84 Å². The number of fused-ring (bicyclic) bond motifs is 8. The Hall–Kier alpha value is -6.77. The maximum Gasteiger partial charge on any atom is 0.134 e. The van der Waals surface area contributed by atoms with Crippen molar-refractivity contribution in [1.29, 1.82) is 0 Å². The molecule has 0 saturated heterocycles. The van der Waals surface area contributed by atoms with Crippen molar-refractivity contribution in [2.24, 2.45) is 4.99 Å². The first-order chi connectivity index (χ1) is 27.7. The number of amidine groups is 1. The fourth-order valence-corrected chi connectivity index (χ4v) is 8.97. The number of hydrogen-bond donors (Lipinski definition) is 1. The number of hydrogen-bond acceptors (Lipinski definition) is 2. The highest BCUT2D eigenvalue weighted by molar-refractivity contribution is 6.07. The van der Waals surface area contributed by atoms with E-state index in [9.17, 15) is 0 Å². The summed E-state index contributed by atoms with van der Waals surface area (Å²) in [4.78, 5) is 5.34. The molecule has 1 aliphatic carbocycles. The summed E-state index contributed by atoms with van der Waals surface area (Å²) in [5.41, 5.74) is 15.9. The van der Waals surface area contributed by atoms with Crippen LogP contribution >= 0.6 is 0 Å². The second-order valence-electron chi connectivity index (χ2n) is 15.2. The lowest BCUT2D eigenvalue weighted by Crippen LogP contribution is -2.31. The van der Waals surface area contributed by atoms with E-state index in [0.29, 0.717) is 0 Å². The Bertz CT molecular complexity index is 2760. The maximum absolute atomic E-state index is 5.34. The predicted octanol–water partition coefficient (Wildman–Crippen LogP) is 13.4. The summed E-state index contributed by atoms with van der Waals surface area (Å²) in [5, 5.41) is 6.32. The Labute approximate surface area is 329 Å². The number of nitrogens with one attached hydrogen (secondary N) is 1. The third kappa shape index (κ3) is 6.24. The van der Waals surface area contributed by atoms with Gasteiger partial charge < -0.3 is 5.32 Å². The van der Waals surface area contributed by atoms with Crippen LogP contribution in [0, 0.1) is 0 Å². The lowest BCUT2D eigenvalue weighted by Gasteiger charge is -2.28. The van der Waals surface area contributed by atoms with Gasteiger partial charge in [-0.3, -0.25) is 0 Å². The number of benzene rings is 8. The second-order valence-corrected chi connectivity index (χ2v) is 15.2. The van der Waals surface area contributed by atoms with Crippen LogP contribution in [0.15, 0.2) is 205 Å². The third-order valence-electron chi connectivity index (χ3n) is 11.9. The second kappa shape index (κ2) is 14.5. The Morgan fingerprint density at radius 3 is 1.77 bits per heavy atom. The van der Waals surface area contributed by atoms with Crippen molar-refractivity contribution in [3.63, 3.8) is 0 Å². The molecule has 0 aromatic heterocycles. The molecular formula is C54H42N2. The standard InChI is InChI=1S/C54H42N2/c1-36-44-26-15-16-28-46(44)50-31-40-23-11-12-24-41(40)32-51(50)47-30-29-43(34-49(47)45-27-14-13-25-42(45)33-48(36)37-17-5-2-6-18-37)54-55-52(38-19-7-3-8-20-38)35-53(56-54)39-21-9-4-10-22-39/h2-32,34-36,48,52H,33H2,1H3,(H,55,56). The van der Waals surface area contributed by atoms with Crippen molar-refractivity contribution < 1.29 is 0 Å². The molecule has 3 unspecified atom stereocenters. The minimum absolute atomic E-state index is 0.0277. The quantitative estimate of drug-likeness (QED) is 0.192. The molecule has 8 aromatic carbocycles. The molecule has 1 aliphatic heterocycles. The number of nitrogens with zero attached hydrogens (tertiary/aromatic N) is 1. The Balaban J connectivity index is 1.24. The summed E-state index contributed by atoms with van der Waals surface area (Å²) in [6, 6.07) is 71.1. The van der Waals surface area contributed by atoms with Crippen molar-refractivity contribution in [1.82, 2.24) is 5.32 Å². The average molecular weight is 719 g/mol. The Morgan fingerprint density at radius 1 is 0.464 bits per heavy atom. The van der Waals surface area contributed by atoms with Gasteiger partial charge >= 0.3 is 0 Å². The molecule has 2 aliphatic rings. The third-order valence-corrected chi connectivity index (χ3v) is 11.9. The average Bonchev–Trinajstić information content (AvgIpc) is 3.29. The summed E-state index contributed by atoms with van der Waals surface area (Å²) in [5.74, 6) is 1.40. The molecule has 268 valence electrons. The summed E-state index contributed by atoms with van der Waals surface area (Å²) < 4.78 is 0. The first kappa shape index (κ1) is 33.8. The van der Waals surface area contributed by atoms with E-state index in [-0.39, 0.29) is 17.9 Å². The summed E-state index contributed by atoms with van der Waals surface area (Å²) >= 11 is 0. The highest BCUT2D eigenvalue weighted by Gasteiger charge is 2.28. The molecular weight excluding hydrogens is 677 g/mol. The fraction of sp³-hybridized carbons (Fsp3) is 0.0926. The minimum Gasteiger partial charge on any atom is -0.359 e. The van der Waals surface area contributed by atoms with Crippen LogP contribution < -0.4 is 5.32 Å². The van der Waals surface area contributed by atoms with E-state index >= 15 is 0 Å². The van der Waals surface area contributed by atoms with E-state index in [1.54, 1.807) is 0 Å². The van der Waals surface area contributed by atoms with Gasteiger partial charge in [0.25, 0.3) is 0 Å². The molecule has 0 spiro atoms. The zero-order valence-electron chi connectivity index (χ0n) is 31.4. The largest absolute Gasteiger partial charge is 0.359 e. The van der Waals surface area contributed by atoms with Gasteiger partial charge in [-0.15, -0.1) is 0 Å². The van der Waals surface area contributed by atoms with Crippen LogP contribution in [0.3, 0.4) is 0 Å². The van der Waals surface area contributed by atoms with Gasteiger partial charge in [-0.1, -0.05) is 183 Å². The van der Waals surface area contributed by atoms with Crippen molar-refractivity contribution in [2.75, 3.05) is 0 Å². The van der Waals surface area contributed by atoms with E-state index < -0.39 is 0 Å². The monoisotopic (exact) mass is 718 g/mol. The van der Waals surface area contributed by atoms with E-state index in [1.807, 2.05) is 0 Å². The van der Waals surface area contributed by atoms with Crippen LogP contribution in [0.2, 0.25) is 0 Å². The number of aliphatic imine (C=N–C) groups is 1. The van der Waals surface area contributed by atoms with Gasteiger partial charge in [0, 0.05) is 5.56 Å². The zero-order chi connectivity index (χ0) is 37.4. The normalized spacial score (nSPS) is 17.5. The smallest absolute Gasteiger partial charge is 0.134 e. The lowest BCUT2D eigenvalue weighted by molar-refractivity contribution is 0.574. The molecule has 0 saturated carbocycles. The van der Waals surface area contributed by atoms with Crippen molar-refractivity contribution in [3.8, 4) is 33.4 Å². The maximum atomic E-state index is 5.34. The van der Waals surface area contributed by atoms with Crippen LogP contribution in [0.1, 0.15) is 58.2 Å².